The number of hydrogen-bond acceptors (Lipinski definition) is 1. The van der Waals surface area contributed by atoms with Crippen LogP contribution in [-0.4, -0.2) is 0 Å². The number of aryl methyl sites for hydroxylation is 1. The van der Waals surface area contributed by atoms with Gasteiger partial charge in [-0.15, -0.1) is 0 Å². The maximum Gasteiger partial charge on any atom is 0.0406 e. The molecule has 0 heterocycles. The lowest BCUT2D eigenvalue weighted by molar-refractivity contribution is 0.439. The van der Waals surface area contributed by atoms with Crippen molar-refractivity contribution in [1.29, 1.82) is 0 Å². The second kappa shape index (κ2) is 7.63. The molecule has 1 N–H and O–H groups in total. The summed E-state index contributed by atoms with van der Waals surface area (Å²) in [6.45, 7) is 6.59. The monoisotopic (exact) mass is 301 g/mol. The Labute approximate surface area is 133 Å². The van der Waals surface area contributed by atoms with Gasteiger partial charge in [0, 0.05) is 17.1 Å². The van der Waals surface area contributed by atoms with Crippen LogP contribution in [0.15, 0.2) is 48.5 Å². The van der Waals surface area contributed by atoms with Crippen molar-refractivity contribution in [3.63, 3.8) is 0 Å². The maximum absolute atomic E-state index is 5.99. The summed E-state index contributed by atoms with van der Waals surface area (Å²) in [5.41, 5.74) is 3.95. The first-order valence-corrected chi connectivity index (χ1v) is 8.06. The fourth-order valence-corrected chi connectivity index (χ4v) is 2.79. The molecule has 2 atom stereocenters. The van der Waals surface area contributed by atoms with Crippen LogP contribution in [0.25, 0.3) is 0 Å². The second-order valence-electron chi connectivity index (χ2n) is 5.70. The van der Waals surface area contributed by atoms with Crippen LogP contribution in [0.2, 0.25) is 5.02 Å². The van der Waals surface area contributed by atoms with Crippen LogP contribution in [0.1, 0.15) is 55.5 Å². The minimum Gasteiger partial charge on any atom is -0.303 e. The summed E-state index contributed by atoms with van der Waals surface area (Å²) in [6, 6.07) is 17.6. The van der Waals surface area contributed by atoms with E-state index in [1.807, 2.05) is 12.1 Å². The lowest BCUT2D eigenvalue weighted by Crippen LogP contribution is -2.24. The Kier molecular flexibility index (Phi) is 5.84. The zero-order chi connectivity index (χ0) is 15.2. The Bertz CT molecular complexity index is 562. The largest absolute Gasteiger partial charge is 0.303 e. The third kappa shape index (κ3) is 4.59. The number of benzene rings is 2. The van der Waals surface area contributed by atoms with Gasteiger partial charge in [0.1, 0.15) is 0 Å². The van der Waals surface area contributed by atoms with E-state index in [0.717, 1.165) is 17.9 Å². The smallest absolute Gasteiger partial charge is 0.0406 e. The van der Waals surface area contributed by atoms with Gasteiger partial charge in [0.15, 0.2) is 0 Å². The highest BCUT2D eigenvalue weighted by atomic mass is 35.5. The zero-order valence-electron chi connectivity index (χ0n) is 13.1. The van der Waals surface area contributed by atoms with Crippen LogP contribution in [0.4, 0.5) is 0 Å². The van der Waals surface area contributed by atoms with Crippen molar-refractivity contribution in [2.75, 3.05) is 0 Å². The van der Waals surface area contributed by atoms with Crippen LogP contribution >= 0.6 is 11.6 Å². The minimum atomic E-state index is 0.331. The van der Waals surface area contributed by atoms with Crippen molar-refractivity contribution in [3.8, 4) is 0 Å². The topological polar surface area (TPSA) is 12.0 Å². The first-order chi connectivity index (χ1) is 10.1. The zero-order valence-corrected chi connectivity index (χ0v) is 13.8. The lowest BCUT2D eigenvalue weighted by Gasteiger charge is -2.24. The molecule has 0 aromatic heterocycles. The molecule has 0 aliphatic carbocycles. The summed E-state index contributed by atoms with van der Waals surface area (Å²) < 4.78 is 0. The van der Waals surface area contributed by atoms with Gasteiger partial charge in [-0.2, -0.15) is 0 Å². The molecule has 1 unspecified atom stereocenters. The highest BCUT2D eigenvalue weighted by Gasteiger charge is 2.14. The highest BCUT2D eigenvalue weighted by molar-refractivity contribution is 6.30. The standard InChI is InChI=1S/C19H24ClN/c1-4-6-19(16-9-11-18(20)12-10-16)21-15(3)17-8-5-7-14(2)13-17/h5,7-13,15,19,21H,4,6H2,1-3H3/t15-,19?/m0/s1. The molecular formula is C19H24ClN. The Morgan fingerprint density at radius 1 is 1.05 bits per heavy atom. The van der Waals surface area contributed by atoms with E-state index in [-0.39, 0.29) is 0 Å². The van der Waals surface area contributed by atoms with E-state index in [4.69, 9.17) is 11.6 Å². The normalized spacial score (nSPS) is 13.9. The third-order valence-corrected chi connectivity index (χ3v) is 4.10. The first-order valence-electron chi connectivity index (χ1n) is 7.68. The molecule has 2 aromatic rings. The van der Waals surface area contributed by atoms with E-state index in [1.54, 1.807) is 0 Å². The number of halogens is 1. The SMILES string of the molecule is CCCC(N[C@@H](C)c1cccc(C)c1)c1ccc(Cl)cc1. The number of rotatable bonds is 6. The van der Waals surface area contributed by atoms with Crippen LogP contribution in [-0.2, 0) is 0 Å². The molecule has 0 aliphatic heterocycles. The molecule has 112 valence electrons. The molecule has 1 nitrogen and oxygen atoms in total. The minimum absolute atomic E-state index is 0.331. The van der Waals surface area contributed by atoms with Gasteiger partial charge >= 0.3 is 0 Å². The molecule has 2 heteroatoms. The summed E-state index contributed by atoms with van der Waals surface area (Å²) in [4.78, 5) is 0. The molecule has 0 amide bonds. The summed E-state index contributed by atoms with van der Waals surface area (Å²) in [5.74, 6) is 0. The number of hydrogen-bond donors (Lipinski definition) is 1. The summed E-state index contributed by atoms with van der Waals surface area (Å²) in [7, 11) is 0. The summed E-state index contributed by atoms with van der Waals surface area (Å²) >= 11 is 5.99. The van der Waals surface area contributed by atoms with E-state index in [0.29, 0.717) is 12.1 Å². The van der Waals surface area contributed by atoms with Crippen molar-refractivity contribution in [3.05, 3.63) is 70.2 Å². The molecule has 2 aromatic carbocycles. The lowest BCUT2D eigenvalue weighted by atomic mass is 9.99. The van der Waals surface area contributed by atoms with Gasteiger partial charge in [0.2, 0.25) is 0 Å². The maximum atomic E-state index is 5.99. The van der Waals surface area contributed by atoms with Crippen molar-refractivity contribution >= 4 is 11.6 Å². The molecule has 2 rings (SSSR count). The fourth-order valence-electron chi connectivity index (χ4n) is 2.67. The number of nitrogens with one attached hydrogen (secondary N) is 1. The van der Waals surface area contributed by atoms with Gasteiger partial charge in [-0.1, -0.05) is 66.9 Å². The van der Waals surface area contributed by atoms with E-state index < -0.39 is 0 Å². The third-order valence-electron chi connectivity index (χ3n) is 3.84. The van der Waals surface area contributed by atoms with Crippen molar-refractivity contribution < 1.29 is 0 Å². The molecule has 0 saturated carbocycles. The van der Waals surface area contributed by atoms with Gasteiger partial charge in [-0.3, -0.25) is 0 Å². The quantitative estimate of drug-likeness (QED) is 0.706. The predicted molar refractivity (Wildman–Crippen MR) is 91.8 cm³/mol. The van der Waals surface area contributed by atoms with Crippen LogP contribution < -0.4 is 5.32 Å². The Morgan fingerprint density at radius 3 is 2.38 bits per heavy atom. The summed E-state index contributed by atoms with van der Waals surface area (Å²) in [5, 5.41) is 4.55. The van der Waals surface area contributed by atoms with Gasteiger partial charge < -0.3 is 5.32 Å². The molecule has 0 aliphatic rings. The van der Waals surface area contributed by atoms with Gasteiger partial charge in [0.05, 0.1) is 0 Å². The van der Waals surface area contributed by atoms with Crippen molar-refractivity contribution in [1.82, 2.24) is 5.32 Å². The molecule has 0 bridgehead atoms. The second-order valence-corrected chi connectivity index (χ2v) is 6.13. The van der Waals surface area contributed by atoms with Crippen molar-refractivity contribution in [2.45, 2.75) is 45.7 Å². The highest BCUT2D eigenvalue weighted by Crippen LogP contribution is 2.25. The van der Waals surface area contributed by atoms with E-state index in [2.05, 4.69) is 62.5 Å². The molecule has 0 spiro atoms. The Balaban J connectivity index is 2.14. The van der Waals surface area contributed by atoms with E-state index >= 15 is 0 Å². The molecular weight excluding hydrogens is 278 g/mol. The van der Waals surface area contributed by atoms with Gasteiger partial charge in [-0.05, 0) is 43.5 Å². The first kappa shape index (κ1) is 16.1. The van der Waals surface area contributed by atoms with E-state index in [9.17, 15) is 0 Å². The van der Waals surface area contributed by atoms with Crippen LogP contribution in [0.5, 0.6) is 0 Å². The molecule has 0 radical (unpaired) electrons. The molecule has 21 heavy (non-hydrogen) atoms. The Hall–Kier alpha value is -1.31. The van der Waals surface area contributed by atoms with Crippen molar-refractivity contribution in [2.24, 2.45) is 0 Å². The van der Waals surface area contributed by atoms with Crippen LogP contribution in [0.3, 0.4) is 0 Å². The Morgan fingerprint density at radius 2 is 1.76 bits per heavy atom. The average molecular weight is 302 g/mol. The molecule has 0 saturated heterocycles. The average Bonchev–Trinajstić information content (AvgIpc) is 2.47. The fraction of sp³-hybridized carbons (Fsp3) is 0.368. The summed E-state index contributed by atoms with van der Waals surface area (Å²) in [6.07, 6.45) is 2.28. The van der Waals surface area contributed by atoms with E-state index in [1.165, 1.54) is 16.7 Å². The van der Waals surface area contributed by atoms with Gasteiger partial charge in [-0.25, -0.2) is 0 Å². The van der Waals surface area contributed by atoms with Crippen LogP contribution in [0, 0.1) is 6.92 Å². The predicted octanol–water partition coefficient (Wildman–Crippen LogP) is 5.84. The van der Waals surface area contributed by atoms with Gasteiger partial charge in [0.25, 0.3) is 0 Å². The molecule has 0 fully saturated rings.